The van der Waals surface area contributed by atoms with Gasteiger partial charge in [-0.1, -0.05) is 0 Å². The normalized spacial score (nSPS) is 19.1. The number of terminal acetylenes is 1. The highest BCUT2D eigenvalue weighted by Crippen LogP contribution is 2.22. The Labute approximate surface area is 97.3 Å². The van der Waals surface area contributed by atoms with E-state index in [1.807, 2.05) is 0 Å². The van der Waals surface area contributed by atoms with Crippen molar-refractivity contribution in [1.29, 1.82) is 0 Å². The fourth-order valence-corrected chi connectivity index (χ4v) is 1.63. The van der Waals surface area contributed by atoms with Crippen LogP contribution < -0.4 is 4.90 Å². The van der Waals surface area contributed by atoms with Gasteiger partial charge in [0.2, 0.25) is 5.91 Å². The first-order chi connectivity index (χ1) is 8.11. The minimum Gasteiger partial charge on any atom is -0.476 e. The highest BCUT2D eigenvalue weighted by molar-refractivity contribution is 5.95. The number of anilines is 1. The molecule has 1 aromatic rings. The average Bonchev–Trinajstić information content (AvgIpc) is 2.71. The number of nitrogens with zero attached hydrogens (tertiary/aromatic N) is 3. The number of carbonyl (C=O) groups excluding carboxylic acids is 1. The van der Waals surface area contributed by atoms with Crippen molar-refractivity contribution < 1.29 is 14.7 Å². The van der Waals surface area contributed by atoms with E-state index in [-0.39, 0.29) is 29.8 Å². The molecule has 6 nitrogen and oxygen atoms in total. The van der Waals surface area contributed by atoms with Gasteiger partial charge in [0, 0.05) is 18.9 Å². The van der Waals surface area contributed by atoms with Gasteiger partial charge in [-0.2, -0.15) is 0 Å². The first kappa shape index (κ1) is 11.1. The van der Waals surface area contributed by atoms with Gasteiger partial charge in [0.25, 0.3) is 0 Å². The summed E-state index contributed by atoms with van der Waals surface area (Å²) in [5.41, 5.74) is -0.195. The topological polar surface area (TPSA) is 83.4 Å². The van der Waals surface area contributed by atoms with E-state index >= 15 is 0 Å². The Bertz CT molecular complexity index is 521. The summed E-state index contributed by atoms with van der Waals surface area (Å²) >= 11 is 0. The fourth-order valence-electron chi connectivity index (χ4n) is 1.63. The molecule has 1 N–H and O–H groups in total. The molecule has 0 radical (unpaired) electrons. The predicted octanol–water partition coefficient (Wildman–Crippen LogP) is 0.161. The Morgan fingerprint density at radius 3 is 2.94 bits per heavy atom. The van der Waals surface area contributed by atoms with E-state index in [0.717, 1.165) is 6.20 Å². The molecule has 17 heavy (non-hydrogen) atoms. The molecule has 1 saturated heterocycles. The quantitative estimate of drug-likeness (QED) is 0.733. The van der Waals surface area contributed by atoms with Gasteiger partial charge in [0.05, 0.1) is 12.4 Å². The molecule has 0 bridgehead atoms. The first-order valence-electron chi connectivity index (χ1n) is 4.93. The van der Waals surface area contributed by atoms with Crippen LogP contribution >= 0.6 is 0 Å². The van der Waals surface area contributed by atoms with Crippen molar-refractivity contribution in [3.8, 4) is 12.3 Å². The summed E-state index contributed by atoms with van der Waals surface area (Å²) in [4.78, 5) is 31.3. The van der Waals surface area contributed by atoms with Gasteiger partial charge in [0.15, 0.2) is 11.5 Å². The van der Waals surface area contributed by atoms with E-state index in [1.165, 1.54) is 11.1 Å². The van der Waals surface area contributed by atoms with Gasteiger partial charge in [-0.25, -0.2) is 9.78 Å². The summed E-state index contributed by atoms with van der Waals surface area (Å²) in [7, 11) is 0. The summed E-state index contributed by atoms with van der Waals surface area (Å²) in [6.45, 7) is 0.354. The fraction of sp³-hybridized carbons (Fsp3) is 0.273. The highest BCUT2D eigenvalue weighted by atomic mass is 16.4. The molecule has 1 fully saturated rings. The minimum absolute atomic E-state index is 0.155. The highest BCUT2D eigenvalue weighted by Gasteiger charge is 2.30. The lowest BCUT2D eigenvalue weighted by molar-refractivity contribution is -0.117. The van der Waals surface area contributed by atoms with E-state index in [4.69, 9.17) is 11.5 Å². The Hall–Kier alpha value is -2.42. The number of rotatable bonds is 2. The molecule has 2 rings (SSSR count). The van der Waals surface area contributed by atoms with Crippen LogP contribution in [0.1, 0.15) is 16.9 Å². The molecule has 0 spiro atoms. The number of aromatic carboxylic acids is 1. The second kappa shape index (κ2) is 4.22. The molecule has 1 aromatic heterocycles. The SMILES string of the molecule is C#CC1CC(=O)N(c2cncc(C(=O)O)n2)C1. The summed E-state index contributed by atoms with van der Waals surface area (Å²) in [5.74, 6) is 1.24. The lowest BCUT2D eigenvalue weighted by atomic mass is 10.1. The smallest absolute Gasteiger partial charge is 0.356 e. The number of hydrogen-bond donors (Lipinski definition) is 1. The Kier molecular flexibility index (Phi) is 2.75. The van der Waals surface area contributed by atoms with Crippen LogP contribution in [0.2, 0.25) is 0 Å². The number of carboxylic acid groups (broad SMARTS) is 1. The zero-order valence-corrected chi connectivity index (χ0v) is 8.83. The molecule has 1 aliphatic rings. The zero-order chi connectivity index (χ0) is 12.4. The second-order valence-electron chi connectivity index (χ2n) is 3.64. The van der Waals surface area contributed by atoms with Gasteiger partial charge in [-0.3, -0.25) is 14.7 Å². The Morgan fingerprint density at radius 1 is 1.59 bits per heavy atom. The van der Waals surface area contributed by atoms with Gasteiger partial charge in [-0.15, -0.1) is 12.3 Å². The van der Waals surface area contributed by atoms with Crippen molar-refractivity contribution in [3.05, 3.63) is 18.1 Å². The summed E-state index contributed by atoms with van der Waals surface area (Å²) in [6.07, 6.45) is 8.00. The van der Waals surface area contributed by atoms with Gasteiger partial charge in [-0.05, 0) is 0 Å². The maximum atomic E-state index is 11.6. The summed E-state index contributed by atoms with van der Waals surface area (Å²) < 4.78 is 0. The summed E-state index contributed by atoms with van der Waals surface area (Å²) in [6, 6.07) is 0. The number of carbonyl (C=O) groups is 2. The molecule has 0 saturated carbocycles. The molecule has 1 amide bonds. The number of carboxylic acids is 1. The lowest BCUT2D eigenvalue weighted by Crippen LogP contribution is -2.26. The molecular formula is C11H9N3O3. The molecular weight excluding hydrogens is 222 g/mol. The van der Waals surface area contributed by atoms with Gasteiger partial charge < -0.3 is 5.11 Å². The molecule has 1 unspecified atom stereocenters. The molecule has 86 valence electrons. The van der Waals surface area contributed by atoms with Crippen LogP contribution in [-0.4, -0.2) is 33.5 Å². The molecule has 0 aromatic carbocycles. The van der Waals surface area contributed by atoms with Crippen LogP contribution in [0.15, 0.2) is 12.4 Å². The van der Waals surface area contributed by atoms with E-state index in [0.29, 0.717) is 6.54 Å². The van der Waals surface area contributed by atoms with Crippen molar-refractivity contribution in [1.82, 2.24) is 9.97 Å². The van der Waals surface area contributed by atoms with E-state index in [2.05, 4.69) is 15.9 Å². The van der Waals surface area contributed by atoms with Gasteiger partial charge >= 0.3 is 5.97 Å². The van der Waals surface area contributed by atoms with Crippen LogP contribution in [0.5, 0.6) is 0 Å². The van der Waals surface area contributed by atoms with E-state index < -0.39 is 5.97 Å². The first-order valence-corrected chi connectivity index (χ1v) is 4.93. The number of aromatic nitrogens is 2. The number of amides is 1. The predicted molar refractivity (Wildman–Crippen MR) is 58.3 cm³/mol. The standard InChI is InChI=1S/C11H9N3O3/c1-2-7-3-10(15)14(6-7)9-5-12-4-8(13-9)11(16)17/h1,4-5,7H,3,6H2,(H,16,17). The van der Waals surface area contributed by atoms with Crippen LogP contribution in [-0.2, 0) is 4.79 Å². The maximum Gasteiger partial charge on any atom is 0.356 e. The molecule has 1 aliphatic heterocycles. The average molecular weight is 231 g/mol. The molecule has 1 atom stereocenters. The lowest BCUT2D eigenvalue weighted by Gasteiger charge is -2.14. The largest absolute Gasteiger partial charge is 0.476 e. The van der Waals surface area contributed by atoms with Crippen molar-refractivity contribution in [2.45, 2.75) is 6.42 Å². The minimum atomic E-state index is -1.18. The van der Waals surface area contributed by atoms with Crippen LogP contribution in [0.3, 0.4) is 0 Å². The Balaban J connectivity index is 2.29. The third-order valence-corrected chi connectivity index (χ3v) is 2.48. The van der Waals surface area contributed by atoms with Crippen molar-refractivity contribution in [3.63, 3.8) is 0 Å². The molecule has 0 aliphatic carbocycles. The Morgan fingerprint density at radius 2 is 2.35 bits per heavy atom. The van der Waals surface area contributed by atoms with Crippen LogP contribution in [0, 0.1) is 18.3 Å². The monoisotopic (exact) mass is 231 g/mol. The van der Waals surface area contributed by atoms with E-state index in [9.17, 15) is 9.59 Å². The molecule has 6 heteroatoms. The van der Waals surface area contributed by atoms with E-state index in [1.54, 1.807) is 0 Å². The summed E-state index contributed by atoms with van der Waals surface area (Å²) in [5, 5.41) is 8.78. The second-order valence-corrected chi connectivity index (χ2v) is 3.64. The van der Waals surface area contributed by atoms with Crippen molar-refractivity contribution in [2.24, 2.45) is 5.92 Å². The van der Waals surface area contributed by atoms with Crippen LogP contribution in [0.25, 0.3) is 0 Å². The van der Waals surface area contributed by atoms with Crippen LogP contribution in [0.4, 0.5) is 5.82 Å². The zero-order valence-electron chi connectivity index (χ0n) is 8.83. The molecule has 2 heterocycles. The number of hydrogen-bond acceptors (Lipinski definition) is 4. The maximum absolute atomic E-state index is 11.6. The van der Waals surface area contributed by atoms with Crippen molar-refractivity contribution in [2.75, 3.05) is 11.4 Å². The third kappa shape index (κ3) is 2.08. The third-order valence-electron chi connectivity index (χ3n) is 2.48. The van der Waals surface area contributed by atoms with Gasteiger partial charge in [0.1, 0.15) is 0 Å². The van der Waals surface area contributed by atoms with Crippen molar-refractivity contribution >= 4 is 17.7 Å².